The van der Waals surface area contributed by atoms with Crippen molar-refractivity contribution in [2.45, 2.75) is 51.4 Å². The van der Waals surface area contributed by atoms with Gasteiger partial charge in [0.1, 0.15) is 6.33 Å². The van der Waals surface area contributed by atoms with E-state index in [-0.39, 0.29) is 23.2 Å². The molecule has 2 rings (SSSR count). The van der Waals surface area contributed by atoms with Gasteiger partial charge in [0, 0.05) is 12.1 Å². The van der Waals surface area contributed by atoms with Crippen LogP contribution in [0.25, 0.3) is 0 Å². The van der Waals surface area contributed by atoms with E-state index in [4.69, 9.17) is 10.6 Å². The maximum atomic E-state index is 6.11. The molecule has 2 unspecified atom stereocenters. The van der Waals surface area contributed by atoms with Crippen LogP contribution < -0.4 is 11.3 Å². The fraction of sp³-hybridized carbons (Fsp3) is 0.692. The number of hydrazine groups is 1. The first kappa shape index (κ1) is 13.4. The van der Waals surface area contributed by atoms with E-state index >= 15 is 0 Å². The molecule has 0 radical (unpaired) electrons. The molecule has 0 amide bonds. The normalized spacial score (nSPS) is 27.1. The minimum Gasteiger partial charge on any atom is -0.369 e. The summed E-state index contributed by atoms with van der Waals surface area (Å²) < 4.78 is 6.11. The Kier molecular flexibility index (Phi) is 3.40. The van der Waals surface area contributed by atoms with Crippen molar-refractivity contribution >= 4 is 0 Å². The molecule has 1 aliphatic rings. The van der Waals surface area contributed by atoms with Gasteiger partial charge < -0.3 is 4.74 Å². The number of hydrogen-bond acceptors (Lipinski definition) is 5. The number of rotatable bonds is 3. The van der Waals surface area contributed by atoms with Gasteiger partial charge in [-0.15, -0.1) is 0 Å². The van der Waals surface area contributed by atoms with Crippen molar-refractivity contribution < 1.29 is 4.74 Å². The van der Waals surface area contributed by atoms with Gasteiger partial charge in [-0.3, -0.25) is 11.3 Å². The maximum Gasteiger partial charge on any atom is 0.115 e. The lowest BCUT2D eigenvalue weighted by molar-refractivity contribution is -0.0780. The molecule has 0 bridgehead atoms. The van der Waals surface area contributed by atoms with Crippen LogP contribution in [-0.2, 0) is 4.74 Å². The molecule has 5 nitrogen and oxygen atoms in total. The standard InChI is InChI=1S/C13H22N4O/c1-12(2)7-9(13(3,4)18-12)11(17-14)10-5-6-15-8-16-10/h5-6,8-9,11,17H,7,14H2,1-4H3. The number of aromatic nitrogens is 2. The van der Waals surface area contributed by atoms with E-state index in [1.54, 1.807) is 12.5 Å². The molecule has 2 heterocycles. The highest BCUT2D eigenvalue weighted by atomic mass is 16.5. The summed E-state index contributed by atoms with van der Waals surface area (Å²) in [6.45, 7) is 8.44. The summed E-state index contributed by atoms with van der Waals surface area (Å²) in [5.41, 5.74) is 3.43. The highest BCUT2D eigenvalue weighted by Gasteiger charge is 2.49. The second-order valence-corrected chi connectivity index (χ2v) is 6.05. The number of hydrogen-bond donors (Lipinski definition) is 2. The monoisotopic (exact) mass is 250 g/mol. The second kappa shape index (κ2) is 4.57. The molecule has 1 aromatic heterocycles. The molecule has 1 fully saturated rings. The lowest BCUT2D eigenvalue weighted by atomic mass is 9.80. The van der Waals surface area contributed by atoms with Crippen molar-refractivity contribution in [2.75, 3.05) is 0 Å². The molecule has 0 saturated carbocycles. The smallest absolute Gasteiger partial charge is 0.115 e. The zero-order valence-corrected chi connectivity index (χ0v) is 11.5. The van der Waals surface area contributed by atoms with Gasteiger partial charge in [0.2, 0.25) is 0 Å². The fourth-order valence-electron chi connectivity index (χ4n) is 3.02. The second-order valence-electron chi connectivity index (χ2n) is 6.05. The van der Waals surface area contributed by atoms with Crippen LogP contribution in [0.1, 0.15) is 45.9 Å². The van der Waals surface area contributed by atoms with Crippen LogP contribution in [-0.4, -0.2) is 21.2 Å². The predicted octanol–water partition coefficient (Wildman–Crippen LogP) is 1.57. The molecule has 1 aromatic rings. The van der Waals surface area contributed by atoms with Crippen molar-refractivity contribution in [3.8, 4) is 0 Å². The summed E-state index contributed by atoms with van der Waals surface area (Å²) in [5.74, 6) is 6.00. The molecule has 5 heteroatoms. The van der Waals surface area contributed by atoms with Crippen LogP contribution in [0.2, 0.25) is 0 Å². The zero-order chi connectivity index (χ0) is 13.4. The molecule has 1 saturated heterocycles. The van der Waals surface area contributed by atoms with E-state index in [0.29, 0.717) is 0 Å². The largest absolute Gasteiger partial charge is 0.369 e. The van der Waals surface area contributed by atoms with E-state index in [9.17, 15) is 0 Å². The summed E-state index contributed by atoms with van der Waals surface area (Å²) in [6.07, 6.45) is 4.23. The molecular formula is C13H22N4O. The molecule has 18 heavy (non-hydrogen) atoms. The van der Waals surface area contributed by atoms with Gasteiger partial charge in [0.25, 0.3) is 0 Å². The SMILES string of the molecule is CC1(C)CC(C(NN)c2ccncn2)C(C)(C)O1. The summed E-state index contributed by atoms with van der Waals surface area (Å²) in [6, 6.07) is 1.87. The Bertz CT molecular complexity index is 405. The van der Waals surface area contributed by atoms with Crippen molar-refractivity contribution in [1.29, 1.82) is 0 Å². The van der Waals surface area contributed by atoms with Gasteiger partial charge >= 0.3 is 0 Å². The summed E-state index contributed by atoms with van der Waals surface area (Å²) in [4.78, 5) is 8.24. The first-order chi connectivity index (χ1) is 8.36. The Morgan fingerprint density at radius 3 is 2.61 bits per heavy atom. The third kappa shape index (κ3) is 2.53. The average Bonchev–Trinajstić information content (AvgIpc) is 2.50. The topological polar surface area (TPSA) is 73.1 Å². The van der Waals surface area contributed by atoms with Gasteiger partial charge in [-0.05, 0) is 40.2 Å². The minimum absolute atomic E-state index is 0.0234. The quantitative estimate of drug-likeness (QED) is 0.629. The van der Waals surface area contributed by atoms with E-state index < -0.39 is 0 Å². The van der Waals surface area contributed by atoms with Gasteiger partial charge in [-0.25, -0.2) is 9.97 Å². The summed E-state index contributed by atoms with van der Waals surface area (Å²) >= 11 is 0. The van der Waals surface area contributed by atoms with Crippen LogP contribution in [0.15, 0.2) is 18.6 Å². The van der Waals surface area contributed by atoms with Crippen LogP contribution >= 0.6 is 0 Å². The highest BCUT2D eigenvalue weighted by Crippen LogP contribution is 2.47. The van der Waals surface area contributed by atoms with E-state index in [0.717, 1.165) is 12.1 Å². The Balaban J connectivity index is 2.29. The van der Waals surface area contributed by atoms with Crippen LogP contribution in [0.5, 0.6) is 0 Å². The van der Waals surface area contributed by atoms with E-state index in [1.165, 1.54) is 0 Å². The zero-order valence-electron chi connectivity index (χ0n) is 11.5. The molecule has 100 valence electrons. The number of ether oxygens (including phenoxy) is 1. The van der Waals surface area contributed by atoms with Crippen LogP contribution in [0, 0.1) is 5.92 Å². The predicted molar refractivity (Wildman–Crippen MR) is 69.4 cm³/mol. The minimum atomic E-state index is -0.231. The summed E-state index contributed by atoms with van der Waals surface area (Å²) in [5, 5.41) is 0. The van der Waals surface area contributed by atoms with E-state index in [1.807, 2.05) is 6.07 Å². The average molecular weight is 250 g/mol. The Morgan fingerprint density at radius 1 is 1.44 bits per heavy atom. The number of nitrogens with zero attached hydrogens (tertiary/aromatic N) is 2. The van der Waals surface area contributed by atoms with Crippen LogP contribution in [0.3, 0.4) is 0 Å². The maximum absolute atomic E-state index is 6.11. The molecule has 0 spiro atoms. The molecule has 1 aliphatic heterocycles. The lowest BCUT2D eigenvalue weighted by Crippen LogP contribution is -2.41. The Labute approximate surface area is 108 Å². The van der Waals surface area contributed by atoms with Gasteiger partial charge in [-0.2, -0.15) is 0 Å². The third-order valence-electron chi connectivity index (χ3n) is 3.65. The number of nitrogens with two attached hydrogens (primary N) is 1. The fourth-order valence-corrected chi connectivity index (χ4v) is 3.02. The van der Waals surface area contributed by atoms with Crippen molar-refractivity contribution in [3.05, 3.63) is 24.3 Å². The molecular weight excluding hydrogens is 228 g/mol. The molecule has 0 aromatic carbocycles. The van der Waals surface area contributed by atoms with Crippen LogP contribution in [0.4, 0.5) is 0 Å². The van der Waals surface area contributed by atoms with Crippen molar-refractivity contribution in [1.82, 2.24) is 15.4 Å². The first-order valence-corrected chi connectivity index (χ1v) is 6.28. The Hall–Kier alpha value is -1.04. The first-order valence-electron chi connectivity index (χ1n) is 6.28. The lowest BCUT2D eigenvalue weighted by Gasteiger charge is -2.32. The summed E-state index contributed by atoms with van der Waals surface area (Å²) in [7, 11) is 0. The molecule has 0 aliphatic carbocycles. The highest BCUT2D eigenvalue weighted by molar-refractivity contribution is 5.11. The van der Waals surface area contributed by atoms with Crippen molar-refractivity contribution in [3.63, 3.8) is 0 Å². The number of nitrogens with one attached hydrogen (secondary N) is 1. The molecule has 2 atom stereocenters. The Morgan fingerprint density at radius 2 is 2.17 bits per heavy atom. The van der Waals surface area contributed by atoms with Gasteiger partial charge in [0.15, 0.2) is 0 Å². The van der Waals surface area contributed by atoms with Gasteiger partial charge in [0.05, 0.1) is 22.9 Å². The van der Waals surface area contributed by atoms with Crippen molar-refractivity contribution in [2.24, 2.45) is 11.8 Å². The van der Waals surface area contributed by atoms with Gasteiger partial charge in [-0.1, -0.05) is 0 Å². The third-order valence-corrected chi connectivity index (χ3v) is 3.65. The molecule has 3 N–H and O–H groups in total. The van der Waals surface area contributed by atoms with E-state index in [2.05, 4.69) is 43.1 Å².